The number of aliphatic hydroxyl groups excluding tert-OH is 2. The average molecular weight is 441 g/mol. The topological polar surface area (TPSA) is 88.1 Å². The number of anilines is 1. The van der Waals surface area contributed by atoms with E-state index in [4.69, 9.17) is 10.2 Å². The fourth-order valence-electron chi connectivity index (χ4n) is 4.16. The third kappa shape index (κ3) is 6.53. The van der Waals surface area contributed by atoms with E-state index in [1.807, 2.05) is 4.90 Å². The van der Waals surface area contributed by atoms with E-state index >= 15 is 0 Å². The molecule has 4 rings (SSSR count). The van der Waals surface area contributed by atoms with Gasteiger partial charge in [0.15, 0.2) is 0 Å². The molecule has 1 saturated heterocycles. The van der Waals surface area contributed by atoms with Gasteiger partial charge in [-0.2, -0.15) is 0 Å². The number of piperazine rings is 1. The van der Waals surface area contributed by atoms with Gasteiger partial charge in [0.25, 0.3) is 0 Å². The predicted octanol–water partition coefficient (Wildman–Crippen LogP) is 1.89. The summed E-state index contributed by atoms with van der Waals surface area (Å²) in [6.07, 6.45) is 0.541. The SMILES string of the molecule is CCO.Cc1cccc([C@@H]2NCc3cc(CC(=O)N4CCN(CCO)CC4)ccc3N2)c1. The number of benzene rings is 2. The van der Waals surface area contributed by atoms with Crippen LogP contribution < -0.4 is 10.6 Å². The molecule has 1 amide bonds. The molecule has 2 aliphatic rings. The molecule has 2 aromatic rings. The van der Waals surface area contributed by atoms with Gasteiger partial charge in [-0.3, -0.25) is 15.0 Å². The Kier molecular flexibility index (Phi) is 9.05. The fourth-order valence-corrected chi connectivity index (χ4v) is 4.16. The molecule has 7 nitrogen and oxygen atoms in total. The quantitative estimate of drug-likeness (QED) is 0.568. The van der Waals surface area contributed by atoms with Gasteiger partial charge >= 0.3 is 0 Å². The first-order chi connectivity index (χ1) is 15.5. The third-order valence-electron chi connectivity index (χ3n) is 5.84. The summed E-state index contributed by atoms with van der Waals surface area (Å²) in [5, 5.41) is 23.7. The summed E-state index contributed by atoms with van der Waals surface area (Å²) in [7, 11) is 0. The summed E-state index contributed by atoms with van der Waals surface area (Å²) in [6.45, 7) is 8.84. The van der Waals surface area contributed by atoms with E-state index in [1.165, 1.54) is 16.7 Å². The molecule has 0 spiro atoms. The van der Waals surface area contributed by atoms with Gasteiger partial charge in [-0.15, -0.1) is 0 Å². The number of carbonyl (C=O) groups is 1. The number of fused-ring (bicyclic) bond motifs is 1. The van der Waals surface area contributed by atoms with Gasteiger partial charge in [-0.05, 0) is 36.6 Å². The smallest absolute Gasteiger partial charge is 0.227 e. The number of aliphatic hydroxyl groups is 2. The van der Waals surface area contributed by atoms with Crippen LogP contribution in [0.2, 0.25) is 0 Å². The zero-order valence-electron chi connectivity index (χ0n) is 19.2. The van der Waals surface area contributed by atoms with Crippen LogP contribution in [0.5, 0.6) is 0 Å². The van der Waals surface area contributed by atoms with Gasteiger partial charge in [0.2, 0.25) is 5.91 Å². The van der Waals surface area contributed by atoms with Crippen molar-refractivity contribution < 1.29 is 15.0 Å². The molecule has 2 aromatic carbocycles. The van der Waals surface area contributed by atoms with Crippen LogP contribution in [-0.2, 0) is 17.8 Å². The van der Waals surface area contributed by atoms with Crippen molar-refractivity contribution in [2.45, 2.75) is 33.0 Å². The number of hydrogen-bond donors (Lipinski definition) is 4. The van der Waals surface area contributed by atoms with Crippen LogP contribution in [-0.4, -0.2) is 71.9 Å². The van der Waals surface area contributed by atoms with Crippen LogP contribution in [0.25, 0.3) is 0 Å². The Morgan fingerprint density at radius 2 is 1.84 bits per heavy atom. The molecule has 0 bridgehead atoms. The first-order valence-corrected chi connectivity index (χ1v) is 11.4. The second-order valence-electron chi connectivity index (χ2n) is 8.30. The predicted molar refractivity (Wildman–Crippen MR) is 127 cm³/mol. The molecule has 32 heavy (non-hydrogen) atoms. The van der Waals surface area contributed by atoms with Crippen molar-refractivity contribution in [3.63, 3.8) is 0 Å². The van der Waals surface area contributed by atoms with E-state index < -0.39 is 0 Å². The summed E-state index contributed by atoms with van der Waals surface area (Å²) in [6, 6.07) is 14.8. The van der Waals surface area contributed by atoms with Gasteiger partial charge in [0.05, 0.1) is 13.0 Å². The van der Waals surface area contributed by atoms with Crippen LogP contribution in [0.1, 0.15) is 35.3 Å². The highest BCUT2D eigenvalue weighted by atomic mass is 16.3. The number of nitrogens with one attached hydrogen (secondary N) is 2. The second kappa shape index (κ2) is 12.0. The maximum Gasteiger partial charge on any atom is 0.227 e. The average Bonchev–Trinajstić information content (AvgIpc) is 2.80. The number of amides is 1. The molecule has 2 aliphatic heterocycles. The van der Waals surface area contributed by atoms with Crippen LogP contribution in [0.3, 0.4) is 0 Å². The minimum atomic E-state index is 0.102. The van der Waals surface area contributed by atoms with E-state index in [9.17, 15) is 4.79 Å². The Bertz CT molecular complexity index is 881. The molecule has 0 unspecified atom stereocenters. The summed E-state index contributed by atoms with van der Waals surface area (Å²) in [5.41, 5.74) is 5.87. The van der Waals surface area contributed by atoms with Gasteiger partial charge in [0, 0.05) is 51.6 Å². The molecule has 0 aliphatic carbocycles. The monoisotopic (exact) mass is 440 g/mol. The molecule has 0 saturated carbocycles. The highest BCUT2D eigenvalue weighted by molar-refractivity contribution is 5.79. The Labute approximate surface area is 191 Å². The maximum atomic E-state index is 12.7. The van der Waals surface area contributed by atoms with Gasteiger partial charge in [-0.25, -0.2) is 0 Å². The molecular formula is C25H36N4O3. The maximum absolute atomic E-state index is 12.7. The number of rotatable bonds is 5. The van der Waals surface area contributed by atoms with Crippen LogP contribution in [0.15, 0.2) is 42.5 Å². The number of carbonyl (C=O) groups excluding carboxylic acids is 1. The lowest BCUT2D eigenvalue weighted by Gasteiger charge is -2.34. The molecular weight excluding hydrogens is 404 g/mol. The normalized spacial score (nSPS) is 18.2. The van der Waals surface area contributed by atoms with Crippen molar-refractivity contribution in [2.24, 2.45) is 0 Å². The van der Waals surface area contributed by atoms with Crippen molar-refractivity contribution >= 4 is 11.6 Å². The lowest BCUT2D eigenvalue weighted by Crippen LogP contribution is -2.49. The number of β-amino-alcohol motifs (C(OH)–C–C–N with tert-alkyl or cyclic N) is 1. The lowest BCUT2D eigenvalue weighted by atomic mass is 10.0. The van der Waals surface area contributed by atoms with E-state index in [0.717, 1.165) is 44.0 Å². The van der Waals surface area contributed by atoms with Crippen molar-refractivity contribution in [1.29, 1.82) is 0 Å². The van der Waals surface area contributed by atoms with Crippen molar-refractivity contribution in [1.82, 2.24) is 15.1 Å². The van der Waals surface area contributed by atoms with E-state index in [0.29, 0.717) is 13.0 Å². The van der Waals surface area contributed by atoms with Crippen molar-refractivity contribution in [3.05, 3.63) is 64.7 Å². The first-order valence-electron chi connectivity index (χ1n) is 11.4. The molecule has 0 aromatic heterocycles. The largest absolute Gasteiger partial charge is 0.397 e. The second-order valence-corrected chi connectivity index (χ2v) is 8.30. The Morgan fingerprint density at radius 1 is 1.09 bits per heavy atom. The summed E-state index contributed by atoms with van der Waals surface area (Å²) in [4.78, 5) is 16.8. The summed E-state index contributed by atoms with van der Waals surface area (Å²) < 4.78 is 0. The number of aryl methyl sites for hydroxylation is 1. The van der Waals surface area contributed by atoms with Gasteiger partial charge in [-0.1, -0.05) is 42.0 Å². The van der Waals surface area contributed by atoms with E-state index in [-0.39, 0.29) is 25.3 Å². The van der Waals surface area contributed by atoms with Crippen LogP contribution in [0, 0.1) is 6.92 Å². The first kappa shape index (κ1) is 24.2. The Morgan fingerprint density at radius 3 is 2.53 bits per heavy atom. The number of hydrogen-bond acceptors (Lipinski definition) is 6. The van der Waals surface area contributed by atoms with Gasteiger partial charge < -0.3 is 20.4 Å². The van der Waals surface area contributed by atoms with Crippen molar-refractivity contribution in [2.75, 3.05) is 51.3 Å². The standard InChI is InChI=1S/C23H30N4O2.C2H6O/c1-17-3-2-4-19(13-17)23-24-16-20-14-18(5-6-21(20)25-23)15-22(29)27-9-7-26(8-10-27)11-12-28;1-2-3/h2-6,13-14,23-25,28H,7-12,15-16H2,1H3;3H,2H2,1H3/t23-;/m1./s1. The zero-order valence-corrected chi connectivity index (χ0v) is 19.2. The Hall–Kier alpha value is -2.45. The van der Waals surface area contributed by atoms with Crippen LogP contribution >= 0.6 is 0 Å². The fraction of sp³-hybridized carbons (Fsp3) is 0.480. The van der Waals surface area contributed by atoms with Crippen LogP contribution in [0.4, 0.5) is 5.69 Å². The molecule has 1 fully saturated rings. The molecule has 174 valence electrons. The van der Waals surface area contributed by atoms with Gasteiger partial charge in [0.1, 0.15) is 6.17 Å². The molecule has 7 heteroatoms. The summed E-state index contributed by atoms with van der Waals surface area (Å²) in [5.74, 6) is 0.183. The number of nitrogens with zero attached hydrogens (tertiary/aromatic N) is 2. The highest BCUT2D eigenvalue weighted by Crippen LogP contribution is 2.28. The minimum Gasteiger partial charge on any atom is -0.397 e. The van der Waals surface area contributed by atoms with E-state index in [2.05, 4.69) is 64.9 Å². The molecule has 2 heterocycles. The minimum absolute atomic E-state index is 0.102. The summed E-state index contributed by atoms with van der Waals surface area (Å²) >= 11 is 0. The third-order valence-corrected chi connectivity index (χ3v) is 5.84. The van der Waals surface area contributed by atoms with E-state index in [1.54, 1.807) is 6.92 Å². The highest BCUT2D eigenvalue weighted by Gasteiger charge is 2.22. The Balaban J connectivity index is 0.000000913. The van der Waals surface area contributed by atoms with Crippen molar-refractivity contribution in [3.8, 4) is 0 Å². The molecule has 1 atom stereocenters. The molecule has 0 radical (unpaired) electrons. The zero-order chi connectivity index (χ0) is 22.9. The lowest BCUT2D eigenvalue weighted by molar-refractivity contribution is -0.132. The molecule has 4 N–H and O–H groups in total.